The first-order valence-electron chi connectivity index (χ1n) is 10.3. The van der Waals surface area contributed by atoms with Gasteiger partial charge in [-0.2, -0.15) is 0 Å². The summed E-state index contributed by atoms with van der Waals surface area (Å²) in [5.41, 5.74) is 1.52. The molecule has 162 valence electrons. The van der Waals surface area contributed by atoms with Crippen LogP contribution in [-0.2, 0) is 27.8 Å². The van der Waals surface area contributed by atoms with Crippen LogP contribution in [0.4, 0.5) is 0 Å². The molecule has 0 aliphatic heterocycles. The Bertz CT molecular complexity index is 948. The van der Waals surface area contributed by atoms with E-state index in [-0.39, 0.29) is 16.8 Å². The fourth-order valence-corrected chi connectivity index (χ4v) is 4.22. The van der Waals surface area contributed by atoms with E-state index in [0.29, 0.717) is 30.8 Å². The lowest BCUT2D eigenvalue weighted by atomic mass is 10.0. The zero-order valence-corrected chi connectivity index (χ0v) is 19.2. The molecule has 1 heterocycles. The molecule has 0 fully saturated rings. The molecule has 0 bridgehead atoms. The number of aryl methyl sites for hydroxylation is 2. The Morgan fingerprint density at radius 2 is 1.90 bits per heavy atom. The Hall–Kier alpha value is -1.93. The second-order valence-electron chi connectivity index (χ2n) is 8.15. The molecule has 0 unspecified atom stereocenters. The number of rotatable bonds is 10. The Kier molecular flexibility index (Phi) is 7.82. The van der Waals surface area contributed by atoms with Crippen molar-refractivity contribution in [3.05, 3.63) is 24.0 Å². The van der Waals surface area contributed by atoms with E-state index in [9.17, 15) is 13.2 Å². The largest absolute Gasteiger partial charge is 0.354 e. The third-order valence-corrected chi connectivity index (χ3v) is 6.86. The van der Waals surface area contributed by atoms with Gasteiger partial charge in [0.05, 0.1) is 15.9 Å². The highest BCUT2D eigenvalue weighted by molar-refractivity contribution is 7.89. The number of hydrogen-bond donors (Lipinski definition) is 1. The molecule has 1 amide bonds. The maximum Gasteiger partial charge on any atom is 0.242 e. The molecule has 0 saturated heterocycles. The molecule has 0 aliphatic carbocycles. The molecule has 2 rings (SSSR count). The predicted octanol–water partition coefficient (Wildman–Crippen LogP) is 3.18. The third kappa shape index (κ3) is 5.79. The zero-order valence-electron chi connectivity index (χ0n) is 18.4. The molecule has 0 spiro atoms. The van der Waals surface area contributed by atoms with E-state index in [1.807, 2.05) is 18.4 Å². The fourth-order valence-electron chi connectivity index (χ4n) is 3.30. The van der Waals surface area contributed by atoms with Crippen LogP contribution in [0, 0.1) is 5.92 Å². The molecule has 1 atom stereocenters. The van der Waals surface area contributed by atoms with Crippen molar-refractivity contribution in [2.45, 2.75) is 70.9 Å². The summed E-state index contributed by atoms with van der Waals surface area (Å²) in [6.07, 6.45) is 2.94. The van der Waals surface area contributed by atoms with Gasteiger partial charge in [0.15, 0.2) is 0 Å². The Morgan fingerprint density at radius 3 is 2.48 bits per heavy atom. The number of nitrogens with one attached hydrogen (secondary N) is 1. The van der Waals surface area contributed by atoms with Crippen molar-refractivity contribution >= 4 is 27.0 Å². The number of aromatic nitrogens is 2. The number of fused-ring (bicyclic) bond motifs is 1. The molecule has 7 nitrogen and oxygen atoms in total. The summed E-state index contributed by atoms with van der Waals surface area (Å²) in [6.45, 7) is 9.12. The average molecular weight is 423 g/mol. The molecule has 0 saturated carbocycles. The van der Waals surface area contributed by atoms with Gasteiger partial charge in [-0.3, -0.25) is 4.79 Å². The van der Waals surface area contributed by atoms with Gasteiger partial charge in [-0.1, -0.05) is 13.8 Å². The van der Waals surface area contributed by atoms with E-state index in [1.54, 1.807) is 18.2 Å². The third-order valence-electron chi connectivity index (χ3n) is 5.05. The second-order valence-corrected chi connectivity index (χ2v) is 10.3. The second kappa shape index (κ2) is 9.71. The van der Waals surface area contributed by atoms with Crippen molar-refractivity contribution in [1.82, 2.24) is 19.2 Å². The molecule has 8 heteroatoms. The quantitative estimate of drug-likeness (QED) is 0.637. The van der Waals surface area contributed by atoms with Crippen molar-refractivity contribution in [3.8, 4) is 0 Å². The van der Waals surface area contributed by atoms with Crippen LogP contribution >= 0.6 is 0 Å². The van der Waals surface area contributed by atoms with Crippen LogP contribution in [0.3, 0.4) is 0 Å². The first kappa shape index (κ1) is 23.3. The molecule has 0 radical (unpaired) electrons. The maximum absolute atomic E-state index is 12.4. The van der Waals surface area contributed by atoms with Gasteiger partial charge < -0.3 is 9.88 Å². The number of hydrogen-bond acceptors (Lipinski definition) is 4. The number of benzene rings is 1. The molecular weight excluding hydrogens is 388 g/mol. The van der Waals surface area contributed by atoms with Gasteiger partial charge in [-0.25, -0.2) is 17.7 Å². The number of sulfonamides is 1. The topological polar surface area (TPSA) is 84.3 Å². The number of amides is 1. The van der Waals surface area contributed by atoms with E-state index >= 15 is 0 Å². The van der Waals surface area contributed by atoms with Crippen molar-refractivity contribution in [3.63, 3.8) is 0 Å². The average Bonchev–Trinajstić information content (AvgIpc) is 3.01. The first-order chi connectivity index (χ1) is 13.6. The molecule has 1 aromatic carbocycles. The molecule has 0 aliphatic rings. The van der Waals surface area contributed by atoms with E-state index in [4.69, 9.17) is 0 Å². The van der Waals surface area contributed by atoms with Crippen molar-refractivity contribution in [2.24, 2.45) is 5.92 Å². The van der Waals surface area contributed by atoms with Gasteiger partial charge in [0.25, 0.3) is 0 Å². The van der Waals surface area contributed by atoms with Crippen molar-refractivity contribution in [2.75, 3.05) is 14.1 Å². The summed E-state index contributed by atoms with van der Waals surface area (Å²) >= 11 is 0. The Morgan fingerprint density at radius 1 is 1.21 bits per heavy atom. The summed E-state index contributed by atoms with van der Waals surface area (Å²) in [5.74, 6) is 1.44. The van der Waals surface area contributed by atoms with Gasteiger partial charge in [0.1, 0.15) is 5.82 Å². The lowest BCUT2D eigenvalue weighted by Crippen LogP contribution is -2.33. The number of carbonyl (C=O) groups excluding carboxylic acids is 1. The van der Waals surface area contributed by atoms with Gasteiger partial charge in [-0.05, 0) is 50.8 Å². The van der Waals surface area contributed by atoms with Crippen LogP contribution < -0.4 is 5.32 Å². The SMILES string of the molecule is CCn1c(CCC(=O)N[C@@H](C)CCC(C)C)nc2cc(S(=O)(=O)N(C)C)ccc21. The minimum atomic E-state index is -3.51. The predicted molar refractivity (Wildman–Crippen MR) is 116 cm³/mol. The van der Waals surface area contributed by atoms with Crippen LogP contribution in [0.15, 0.2) is 23.1 Å². The van der Waals surface area contributed by atoms with Gasteiger partial charge in [0, 0.05) is 39.5 Å². The summed E-state index contributed by atoms with van der Waals surface area (Å²) in [4.78, 5) is 17.2. The monoisotopic (exact) mass is 422 g/mol. The maximum atomic E-state index is 12.4. The van der Waals surface area contributed by atoms with Gasteiger partial charge >= 0.3 is 0 Å². The molecule has 1 aromatic heterocycles. The Labute approximate surface area is 174 Å². The first-order valence-corrected chi connectivity index (χ1v) is 11.7. The highest BCUT2D eigenvalue weighted by Gasteiger charge is 2.20. The molecule has 1 N–H and O–H groups in total. The van der Waals surface area contributed by atoms with E-state index in [0.717, 1.165) is 24.2 Å². The number of carbonyl (C=O) groups is 1. The van der Waals surface area contributed by atoms with Crippen LogP contribution in [0.5, 0.6) is 0 Å². The van der Waals surface area contributed by atoms with Crippen LogP contribution in [-0.4, -0.2) is 48.3 Å². The number of imidazole rings is 1. The highest BCUT2D eigenvalue weighted by atomic mass is 32.2. The van der Waals surface area contributed by atoms with E-state index in [2.05, 4.69) is 24.1 Å². The summed E-state index contributed by atoms with van der Waals surface area (Å²) in [6, 6.07) is 5.17. The zero-order chi connectivity index (χ0) is 21.8. The molecule has 2 aromatic rings. The smallest absolute Gasteiger partial charge is 0.242 e. The van der Waals surface area contributed by atoms with Crippen LogP contribution in [0.2, 0.25) is 0 Å². The highest BCUT2D eigenvalue weighted by Crippen LogP contribution is 2.22. The molecular formula is C21H34N4O3S. The Balaban J connectivity index is 2.14. The minimum absolute atomic E-state index is 0.0202. The van der Waals surface area contributed by atoms with E-state index < -0.39 is 10.0 Å². The standard InChI is InChI=1S/C21H34N4O3S/c1-7-25-19-11-10-17(29(27,28)24(5)6)14-18(19)23-20(25)12-13-21(26)22-16(4)9-8-15(2)3/h10-11,14-16H,7-9,12-13H2,1-6H3,(H,22,26)/t16-/m0/s1. The van der Waals surface area contributed by atoms with Crippen LogP contribution in [0.1, 0.15) is 52.8 Å². The van der Waals surface area contributed by atoms with Gasteiger partial charge in [-0.15, -0.1) is 0 Å². The lowest BCUT2D eigenvalue weighted by Gasteiger charge is -2.15. The summed E-state index contributed by atoms with van der Waals surface area (Å²) in [5, 5.41) is 3.06. The molecule has 29 heavy (non-hydrogen) atoms. The minimum Gasteiger partial charge on any atom is -0.354 e. The van der Waals surface area contributed by atoms with Crippen molar-refractivity contribution < 1.29 is 13.2 Å². The fraction of sp³-hybridized carbons (Fsp3) is 0.619. The van der Waals surface area contributed by atoms with Gasteiger partial charge in [0.2, 0.25) is 15.9 Å². The number of nitrogens with zero attached hydrogens (tertiary/aromatic N) is 3. The summed E-state index contributed by atoms with van der Waals surface area (Å²) < 4.78 is 28.0. The van der Waals surface area contributed by atoms with E-state index in [1.165, 1.54) is 18.4 Å². The van der Waals surface area contributed by atoms with Crippen LogP contribution in [0.25, 0.3) is 11.0 Å². The summed E-state index contributed by atoms with van der Waals surface area (Å²) in [7, 11) is -0.489. The van der Waals surface area contributed by atoms with Crippen molar-refractivity contribution in [1.29, 1.82) is 0 Å². The lowest BCUT2D eigenvalue weighted by molar-refractivity contribution is -0.121. The normalized spacial score (nSPS) is 13.4.